The van der Waals surface area contributed by atoms with Gasteiger partial charge in [0.15, 0.2) is 5.69 Å². The van der Waals surface area contributed by atoms with E-state index < -0.39 is 40.3 Å². The van der Waals surface area contributed by atoms with Gasteiger partial charge in [0, 0.05) is 27.2 Å². The molecule has 0 atom stereocenters. The summed E-state index contributed by atoms with van der Waals surface area (Å²) in [6.45, 7) is 0.560. The van der Waals surface area contributed by atoms with Crippen molar-refractivity contribution >= 4 is 17.7 Å². The number of hydrogen-bond acceptors (Lipinski definition) is 6. The lowest BCUT2D eigenvalue weighted by atomic mass is 9.77. The highest BCUT2D eigenvalue weighted by Crippen LogP contribution is 2.42. The second-order valence-corrected chi connectivity index (χ2v) is 9.71. The third kappa shape index (κ3) is 4.95. The van der Waals surface area contributed by atoms with Crippen LogP contribution in [0.5, 0.6) is 5.75 Å². The molecule has 2 bridgehead atoms. The number of carbonyl (C=O) groups is 3. The van der Waals surface area contributed by atoms with Crippen molar-refractivity contribution in [2.75, 3.05) is 20.6 Å². The van der Waals surface area contributed by atoms with Crippen LogP contribution in [0.4, 0.5) is 4.39 Å². The molecule has 0 unspecified atom stereocenters. The predicted octanol–water partition coefficient (Wildman–Crippen LogP) is 1.05. The van der Waals surface area contributed by atoms with E-state index in [4.69, 9.17) is 0 Å². The second kappa shape index (κ2) is 10.1. The van der Waals surface area contributed by atoms with Crippen LogP contribution in [-0.2, 0) is 28.1 Å². The Labute approximate surface area is 207 Å². The number of rotatable bonds is 6. The van der Waals surface area contributed by atoms with Gasteiger partial charge in [-0.2, -0.15) is 0 Å². The number of nitrogens with zero attached hydrogens (tertiary/aromatic N) is 3. The summed E-state index contributed by atoms with van der Waals surface area (Å²) in [5, 5.41) is 16.0. The number of fused-ring (bicyclic) bond motifs is 2. The minimum absolute atomic E-state index is 0.158. The van der Waals surface area contributed by atoms with E-state index in [0.717, 1.165) is 10.5 Å². The van der Waals surface area contributed by atoms with Crippen molar-refractivity contribution in [1.82, 2.24) is 25.1 Å². The molecule has 36 heavy (non-hydrogen) atoms. The zero-order valence-corrected chi connectivity index (χ0v) is 20.3. The first-order chi connectivity index (χ1) is 17.1. The molecule has 11 heteroatoms. The van der Waals surface area contributed by atoms with Crippen molar-refractivity contribution in [2.24, 2.45) is 5.92 Å². The number of carbonyl (C=O) groups excluding carboxylic acids is 3. The van der Waals surface area contributed by atoms with Gasteiger partial charge < -0.3 is 20.6 Å². The quantitative estimate of drug-likeness (QED) is 0.402. The maximum absolute atomic E-state index is 13.1. The topological polar surface area (TPSA) is 134 Å². The highest BCUT2D eigenvalue weighted by molar-refractivity contribution is 6.35. The van der Waals surface area contributed by atoms with Gasteiger partial charge in [0.25, 0.3) is 11.5 Å². The molecule has 1 saturated carbocycles. The molecule has 1 fully saturated rings. The molecule has 2 aliphatic heterocycles. The fraction of sp³-hybridized carbons (Fsp3) is 0.480. The van der Waals surface area contributed by atoms with Gasteiger partial charge in [-0.25, -0.2) is 9.37 Å². The van der Waals surface area contributed by atoms with E-state index in [1.165, 1.54) is 30.8 Å². The van der Waals surface area contributed by atoms with E-state index in [-0.39, 0.29) is 24.1 Å². The Morgan fingerprint density at radius 2 is 1.86 bits per heavy atom. The molecule has 2 aromatic rings. The normalized spacial score (nSPS) is 20.2. The molecule has 192 valence electrons. The minimum Gasteiger partial charge on any atom is -0.501 e. The molecule has 10 nitrogen and oxygen atoms in total. The first-order valence-corrected chi connectivity index (χ1v) is 12.0. The van der Waals surface area contributed by atoms with Crippen LogP contribution >= 0.6 is 0 Å². The van der Waals surface area contributed by atoms with Crippen molar-refractivity contribution in [2.45, 2.75) is 50.6 Å². The standard InChI is InChI=1S/C25H30FN5O5/c1-30(2)23(36)21(34)29-25-11-9-16(10-12-25)14-31-22(35)19(32)18(28-24(25)31)20(33)27-13-3-4-15-5-7-17(26)8-6-15/h5-8,16,32H,3-4,9-14H2,1-2H3,(H,27,33)(H,29,34). The van der Waals surface area contributed by atoms with Crippen LogP contribution in [0.1, 0.15) is 54.0 Å². The summed E-state index contributed by atoms with van der Waals surface area (Å²) in [4.78, 5) is 56.5. The smallest absolute Gasteiger partial charge is 0.311 e. The third-order valence-corrected chi connectivity index (χ3v) is 6.98. The summed E-state index contributed by atoms with van der Waals surface area (Å²) in [6.07, 6.45) is 3.47. The number of halogens is 1. The van der Waals surface area contributed by atoms with Crippen molar-refractivity contribution in [3.05, 3.63) is 57.5 Å². The van der Waals surface area contributed by atoms with Gasteiger partial charge in [0.2, 0.25) is 5.75 Å². The Morgan fingerprint density at radius 3 is 2.50 bits per heavy atom. The van der Waals surface area contributed by atoms with E-state index in [1.54, 1.807) is 12.1 Å². The summed E-state index contributed by atoms with van der Waals surface area (Å²) >= 11 is 0. The summed E-state index contributed by atoms with van der Waals surface area (Å²) in [7, 11) is 2.94. The number of aromatic nitrogens is 2. The Kier molecular flexibility index (Phi) is 7.09. The summed E-state index contributed by atoms with van der Waals surface area (Å²) in [6, 6.07) is 6.07. The van der Waals surface area contributed by atoms with Crippen LogP contribution in [0.2, 0.25) is 0 Å². The molecule has 3 aliphatic rings. The van der Waals surface area contributed by atoms with Crippen LogP contribution < -0.4 is 16.2 Å². The van der Waals surface area contributed by atoms with Gasteiger partial charge in [0.05, 0.1) is 5.54 Å². The van der Waals surface area contributed by atoms with Crippen molar-refractivity contribution in [3.63, 3.8) is 0 Å². The number of nitrogens with one attached hydrogen (secondary N) is 2. The molecular weight excluding hydrogens is 469 g/mol. The average Bonchev–Trinajstić information content (AvgIpc) is 3.10. The van der Waals surface area contributed by atoms with Gasteiger partial charge in [0.1, 0.15) is 11.6 Å². The molecular formula is C25H30FN5O5. The average molecular weight is 500 g/mol. The number of benzene rings is 1. The van der Waals surface area contributed by atoms with Crippen LogP contribution in [0.15, 0.2) is 29.1 Å². The monoisotopic (exact) mass is 499 g/mol. The number of aromatic hydroxyl groups is 1. The maximum Gasteiger partial charge on any atom is 0.311 e. The van der Waals surface area contributed by atoms with Crippen molar-refractivity contribution < 1.29 is 23.9 Å². The highest BCUT2D eigenvalue weighted by atomic mass is 19.1. The van der Waals surface area contributed by atoms with Gasteiger partial charge in [-0.15, -0.1) is 0 Å². The lowest BCUT2D eigenvalue weighted by molar-refractivity contribution is -0.145. The van der Waals surface area contributed by atoms with Crippen LogP contribution in [0, 0.1) is 11.7 Å². The molecule has 1 aliphatic carbocycles. The SMILES string of the molecule is CN(C)C(=O)C(=O)NC12CCC(CC1)Cn1c2nc(C(=O)NCCCc2ccc(F)cc2)c(O)c1=O. The Morgan fingerprint density at radius 1 is 1.19 bits per heavy atom. The Hall–Kier alpha value is -3.76. The molecule has 1 aromatic heterocycles. The molecule has 0 radical (unpaired) electrons. The number of hydrogen-bond donors (Lipinski definition) is 3. The number of amides is 3. The molecule has 1 aromatic carbocycles. The number of likely N-dealkylation sites (N-methyl/N-ethyl adjacent to an activating group) is 1. The summed E-state index contributed by atoms with van der Waals surface area (Å²) in [5.74, 6) is -2.99. The molecule has 3 N–H and O–H groups in total. The zero-order valence-electron chi connectivity index (χ0n) is 20.3. The van der Waals surface area contributed by atoms with Crippen LogP contribution in [-0.4, -0.2) is 57.9 Å². The summed E-state index contributed by atoms with van der Waals surface area (Å²) < 4.78 is 14.4. The molecule has 3 heterocycles. The minimum atomic E-state index is -1.10. The number of aryl methyl sites for hydroxylation is 1. The van der Waals surface area contributed by atoms with E-state index in [2.05, 4.69) is 15.6 Å². The Balaban J connectivity index is 1.57. The van der Waals surface area contributed by atoms with E-state index >= 15 is 0 Å². The van der Waals surface area contributed by atoms with Crippen LogP contribution in [0.3, 0.4) is 0 Å². The van der Waals surface area contributed by atoms with Gasteiger partial charge >= 0.3 is 11.8 Å². The zero-order chi connectivity index (χ0) is 26.0. The molecule has 5 rings (SSSR count). The molecule has 0 saturated heterocycles. The third-order valence-electron chi connectivity index (χ3n) is 6.98. The second-order valence-electron chi connectivity index (χ2n) is 9.71. The van der Waals surface area contributed by atoms with Gasteiger partial charge in [-0.3, -0.25) is 23.7 Å². The maximum atomic E-state index is 13.1. The summed E-state index contributed by atoms with van der Waals surface area (Å²) in [5.41, 5.74) is -1.34. The highest BCUT2D eigenvalue weighted by Gasteiger charge is 2.46. The van der Waals surface area contributed by atoms with E-state index in [1.807, 2.05) is 0 Å². The molecule has 3 amide bonds. The van der Waals surface area contributed by atoms with E-state index in [0.29, 0.717) is 45.1 Å². The van der Waals surface area contributed by atoms with Crippen LogP contribution in [0.25, 0.3) is 0 Å². The van der Waals surface area contributed by atoms with Crippen molar-refractivity contribution in [3.8, 4) is 5.75 Å². The fourth-order valence-electron chi connectivity index (χ4n) is 4.96. The first kappa shape index (κ1) is 25.3. The lowest BCUT2D eigenvalue weighted by Gasteiger charge is -2.37. The Bertz CT molecular complexity index is 1230. The predicted molar refractivity (Wildman–Crippen MR) is 128 cm³/mol. The van der Waals surface area contributed by atoms with Crippen molar-refractivity contribution in [1.29, 1.82) is 0 Å². The first-order valence-electron chi connectivity index (χ1n) is 12.0. The van der Waals surface area contributed by atoms with Gasteiger partial charge in [-0.1, -0.05) is 12.1 Å². The van der Waals surface area contributed by atoms with E-state index in [9.17, 15) is 28.7 Å². The molecule has 0 spiro atoms. The fourth-order valence-corrected chi connectivity index (χ4v) is 4.96. The lowest BCUT2D eigenvalue weighted by Crippen LogP contribution is -2.53. The van der Waals surface area contributed by atoms with Gasteiger partial charge in [-0.05, 0) is 62.1 Å². The largest absolute Gasteiger partial charge is 0.501 e.